The van der Waals surface area contributed by atoms with Gasteiger partial charge in [0.25, 0.3) is 0 Å². The van der Waals surface area contributed by atoms with Gasteiger partial charge in [0, 0.05) is 27.4 Å². The minimum absolute atomic E-state index is 0.289. The van der Waals surface area contributed by atoms with Gasteiger partial charge in [0.2, 0.25) is 0 Å². The van der Waals surface area contributed by atoms with Gasteiger partial charge in [-0.15, -0.1) is 0 Å². The zero-order valence-electron chi connectivity index (χ0n) is 27.9. The van der Waals surface area contributed by atoms with Gasteiger partial charge in [-0.25, -0.2) is 14.4 Å². The zero-order valence-corrected chi connectivity index (χ0v) is 29.5. The first-order valence-corrected chi connectivity index (χ1v) is 16.7. The molecule has 0 unspecified atom stereocenters. The van der Waals surface area contributed by atoms with Crippen molar-refractivity contribution in [1.82, 2.24) is 0 Å². The number of esters is 2. The first-order valence-electron chi connectivity index (χ1n) is 15.9. The van der Waals surface area contributed by atoms with Crippen LogP contribution in [0.1, 0.15) is 110 Å². The number of halogens is 1. The van der Waals surface area contributed by atoms with Gasteiger partial charge in [-0.1, -0.05) is 65.3 Å². The van der Waals surface area contributed by atoms with E-state index in [1.54, 1.807) is 24.3 Å². The molecule has 246 valence electrons. The molecule has 0 saturated heterocycles. The minimum atomic E-state index is -0.877. The van der Waals surface area contributed by atoms with Crippen molar-refractivity contribution in [3.8, 4) is 23.7 Å². The maximum Gasteiger partial charge on any atom is 0.338 e. The van der Waals surface area contributed by atoms with Crippen molar-refractivity contribution in [1.29, 1.82) is 0 Å². The number of hydrogen-bond acceptors (Lipinski definition) is 5. The summed E-state index contributed by atoms with van der Waals surface area (Å²) < 4.78 is 10.3. The fourth-order valence-electron chi connectivity index (χ4n) is 5.54. The number of carboxylic acid groups (broad SMARTS) is 1. The largest absolute Gasteiger partial charge is 0.478 e. The summed E-state index contributed by atoms with van der Waals surface area (Å²) in [7, 11) is 2.78. The fraction of sp³-hybridized carbons (Fsp3) is 0.375. The third-order valence-corrected chi connectivity index (χ3v) is 8.73. The maximum absolute atomic E-state index is 11.5. The molecule has 0 radical (unpaired) electrons. The molecule has 0 aliphatic heterocycles. The smallest absolute Gasteiger partial charge is 0.338 e. The molecule has 2 aliphatic rings. The van der Waals surface area contributed by atoms with Crippen LogP contribution in [-0.2, 0) is 9.47 Å². The number of aromatic carboxylic acids is 1. The minimum Gasteiger partial charge on any atom is -0.478 e. The Morgan fingerprint density at radius 2 is 1.02 bits per heavy atom. The van der Waals surface area contributed by atoms with Crippen LogP contribution in [0.15, 0.2) is 59.1 Å². The van der Waals surface area contributed by atoms with Crippen LogP contribution in [0.2, 0.25) is 0 Å². The molecule has 0 amide bonds. The normalized spacial score (nSPS) is 13.7. The van der Waals surface area contributed by atoms with Gasteiger partial charge in [0.1, 0.15) is 0 Å². The number of carboxylic acids is 1. The van der Waals surface area contributed by atoms with Crippen molar-refractivity contribution in [2.45, 2.75) is 72.1 Å². The Labute approximate surface area is 287 Å². The Kier molecular flexibility index (Phi) is 14.8. The summed E-state index contributed by atoms with van der Waals surface area (Å²) in [5, 5.41) is 8.92. The molecule has 2 aliphatic carbocycles. The molecule has 3 aromatic rings. The number of aryl methyl sites for hydroxylation is 3. The molecule has 0 atom stereocenters. The van der Waals surface area contributed by atoms with Gasteiger partial charge in [-0.05, 0) is 118 Å². The molecule has 47 heavy (non-hydrogen) atoms. The molecule has 0 spiro atoms. The van der Waals surface area contributed by atoms with Crippen LogP contribution in [-0.4, -0.2) is 37.2 Å². The van der Waals surface area contributed by atoms with Gasteiger partial charge >= 0.3 is 17.9 Å². The molecule has 0 aromatic heterocycles. The highest BCUT2D eigenvalue weighted by Gasteiger charge is 2.13. The van der Waals surface area contributed by atoms with E-state index in [9.17, 15) is 14.4 Å². The molecule has 0 heterocycles. The van der Waals surface area contributed by atoms with Crippen LogP contribution < -0.4 is 0 Å². The van der Waals surface area contributed by atoms with Crippen molar-refractivity contribution in [3.05, 3.63) is 104 Å². The first-order chi connectivity index (χ1) is 22.5. The van der Waals surface area contributed by atoms with Crippen LogP contribution in [0.25, 0.3) is 0 Å². The summed E-state index contributed by atoms with van der Waals surface area (Å²) in [6, 6.07) is 16.4. The summed E-state index contributed by atoms with van der Waals surface area (Å²) in [4.78, 5) is 33.4. The maximum atomic E-state index is 11.5. The van der Waals surface area contributed by atoms with Crippen molar-refractivity contribution in [3.63, 3.8) is 0 Å². The molecule has 1 N–H and O–H groups in total. The Morgan fingerprint density at radius 3 is 1.38 bits per heavy atom. The lowest BCUT2D eigenvalue weighted by Crippen LogP contribution is -2.03. The summed E-state index contributed by atoms with van der Waals surface area (Å²) in [5.74, 6) is 12.6. The lowest BCUT2D eigenvalue weighted by molar-refractivity contribution is 0.0591. The highest BCUT2D eigenvalue weighted by molar-refractivity contribution is 9.10. The van der Waals surface area contributed by atoms with Crippen molar-refractivity contribution in [2.24, 2.45) is 11.8 Å². The predicted molar refractivity (Wildman–Crippen MR) is 189 cm³/mol. The van der Waals surface area contributed by atoms with Crippen LogP contribution in [0.4, 0.5) is 0 Å². The predicted octanol–water partition coefficient (Wildman–Crippen LogP) is 9.10. The van der Waals surface area contributed by atoms with Gasteiger partial charge < -0.3 is 14.6 Å². The first kappa shape index (κ1) is 37.1. The molecule has 7 heteroatoms. The van der Waals surface area contributed by atoms with Crippen LogP contribution >= 0.6 is 15.9 Å². The average molecular weight is 700 g/mol. The monoisotopic (exact) mass is 698 g/mol. The van der Waals surface area contributed by atoms with Crippen molar-refractivity contribution in [2.75, 3.05) is 14.2 Å². The number of benzene rings is 3. The van der Waals surface area contributed by atoms with Crippen LogP contribution in [0.3, 0.4) is 0 Å². The number of rotatable bonds is 3. The molecule has 3 aromatic carbocycles. The second-order valence-corrected chi connectivity index (χ2v) is 12.7. The lowest BCUT2D eigenvalue weighted by atomic mass is 10.0. The number of carbonyl (C=O) groups excluding carboxylic acids is 2. The van der Waals surface area contributed by atoms with Gasteiger partial charge in [-0.3, -0.25) is 0 Å². The lowest BCUT2D eigenvalue weighted by Gasteiger charge is -2.03. The van der Waals surface area contributed by atoms with E-state index in [-0.39, 0.29) is 11.9 Å². The summed E-state index contributed by atoms with van der Waals surface area (Å²) in [6.07, 6.45) is 10.1. The molecule has 2 saturated carbocycles. The van der Waals surface area contributed by atoms with E-state index in [1.807, 2.05) is 51.1 Å². The van der Waals surface area contributed by atoms with Crippen molar-refractivity contribution < 1.29 is 29.0 Å². The van der Waals surface area contributed by atoms with Crippen molar-refractivity contribution >= 4 is 33.8 Å². The van der Waals surface area contributed by atoms with E-state index in [0.29, 0.717) is 28.5 Å². The zero-order chi connectivity index (χ0) is 34.3. The van der Waals surface area contributed by atoms with E-state index in [4.69, 9.17) is 9.84 Å². The number of carbonyl (C=O) groups is 3. The SMILES string of the molecule is COC(=O)c1ccc(Br)cc1C.COC(=O)c1ccc(C#CC2CCCC2)cc1C.Cc1cc(C#CC2CCCC2)ccc1C(=O)O. The molecule has 0 bridgehead atoms. The standard InChI is InChI=1S/C16H18O2.C15H16O2.C9H9BrO2/c1-12-11-14(8-7-13-5-3-4-6-13)9-10-15(12)16(17)18-2;1-11-10-13(8-9-14(11)15(16)17)7-6-12-4-2-3-5-12;1-6-5-7(10)3-4-8(6)9(11)12-2/h9-11,13H,3-6H2,1-2H3;8-10,12H,2-5H2,1H3,(H,16,17);3-5H,1-2H3. The third kappa shape index (κ3) is 11.8. The molecule has 5 rings (SSSR count). The van der Waals surface area contributed by atoms with E-state index in [2.05, 4.69) is 44.3 Å². The molecule has 2 fully saturated rings. The highest BCUT2D eigenvalue weighted by atomic mass is 79.9. The van der Waals surface area contributed by atoms with Gasteiger partial charge in [-0.2, -0.15) is 0 Å². The van der Waals surface area contributed by atoms with E-state index < -0.39 is 5.97 Å². The average Bonchev–Trinajstić information content (AvgIpc) is 3.78. The Bertz CT molecular complexity index is 1690. The quantitative estimate of drug-likeness (QED) is 0.217. The second kappa shape index (κ2) is 18.7. The van der Waals surface area contributed by atoms with Gasteiger partial charge in [0.15, 0.2) is 0 Å². The summed E-state index contributed by atoms with van der Waals surface area (Å²) in [6.45, 7) is 5.59. The number of methoxy groups -OCH3 is 2. The van der Waals surface area contributed by atoms with E-state index >= 15 is 0 Å². The summed E-state index contributed by atoms with van der Waals surface area (Å²) >= 11 is 3.32. The van der Waals surface area contributed by atoms with Crippen LogP contribution in [0, 0.1) is 56.3 Å². The Morgan fingerprint density at radius 1 is 0.638 bits per heavy atom. The molecular weight excluding hydrogens is 656 g/mol. The second-order valence-electron chi connectivity index (χ2n) is 11.8. The van der Waals surface area contributed by atoms with E-state index in [0.717, 1.165) is 32.3 Å². The number of ether oxygens (including phenoxy) is 2. The Hall–Kier alpha value is -4.33. The Balaban J connectivity index is 0.000000196. The highest BCUT2D eigenvalue weighted by Crippen LogP contribution is 2.25. The fourth-order valence-corrected chi connectivity index (χ4v) is 6.01. The van der Waals surface area contributed by atoms with Crippen LogP contribution in [0.5, 0.6) is 0 Å². The third-order valence-electron chi connectivity index (χ3n) is 8.23. The van der Waals surface area contributed by atoms with Gasteiger partial charge in [0.05, 0.1) is 30.9 Å². The van der Waals surface area contributed by atoms with E-state index in [1.165, 1.54) is 65.6 Å². The topological polar surface area (TPSA) is 89.9 Å². The summed E-state index contributed by atoms with van der Waals surface area (Å²) in [5.41, 5.74) is 6.08. The molecular formula is C40H43BrO6. The molecule has 6 nitrogen and oxygen atoms in total. The number of hydrogen-bond donors (Lipinski definition) is 1.